The first-order valence-corrected chi connectivity index (χ1v) is 9.17. The first kappa shape index (κ1) is 19.7. The molecule has 0 heterocycles. The third-order valence-electron chi connectivity index (χ3n) is 3.92. The van der Waals surface area contributed by atoms with E-state index in [1.807, 2.05) is 0 Å². The number of hydrogen-bond donors (Lipinski definition) is 1. The zero-order valence-corrected chi connectivity index (χ0v) is 13.9. The molecule has 0 aromatic carbocycles. The van der Waals surface area contributed by atoms with Crippen molar-refractivity contribution in [3.8, 4) is 0 Å². The molecule has 0 aromatic rings. The average molecular weight is 283 g/mol. The van der Waals surface area contributed by atoms with E-state index in [0.29, 0.717) is 6.61 Å². The average Bonchev–Trinajstić information content (AvgIpc) is 2.47. The van der Waals surface area contributed by atoms with Crippen LogP contribution < -0.4 is 0 Å². The van der Waals surface area contributed by atoms with Crippen LogP contribution >= 0.6 is 0 Å². The van der Waals surface area contributed by atoms with Crippen LogP contribution in [0.1, 0.15) is 103 Å². The maximum atomic E-state index is 8.67. The van der Waals surface area contributed by atoms with Gasteiger partial charge in [0.25, 0.3) is 0 Å². The Morgan fingerprint density at radius 1 is 0.550 bits per heavy atom. The van der Waals surface area contributed by atoms with Gasteiger partial charge in [-0.05, 0) is 32.1 Å². The van der Waals surface area contributed by atoms with Crippen molar-refractivity contribution in [1.82, 2.24) is 0 Å². The molecule has 1 N–H and O–H groups in total. The topological polar surface area (TPSA) is 20.2 Å². The summed E-state index contributed by atoms with van der Waals surface area (Å²) in [6.45, 7) is 2.64. The van der Waals surface area contributed by atoms with Gasteiger partial charge in [0.15, 0.2) is 0 Å². The molecule has 0 aliphatic rings. The lowest BCUT2D eigenvalue weighted by molar-refractivity contribution is 0.282. The molecular formula is C19H38O. The largest absolute Gasteiger partial charge is 0.396 e. The van der Waals surface area contributed by atoms with Gasteiger partial charge in [0.1, 0.15) is 0 Å². The monoisotopic (exact) mass is 282 g/mol. The van der Waals surface area contributed by atoms with Crippen molar-refractivity contribution in [2.45, 2.75) is 103 Å². The van der Waals surface area contributed by atoms with Crippen LogP contribution in [0, 0.1) is 0 Å². The molecule has 0 radical (unpaired) electrons. The molecule has 0 bridgehead atoms. The predicted octanol–water partition coefficient (Wildman–Crippen LogP) is 6.41. The third-order valence-corrected chi connectivity index (χ3v) is 3.92. The Balaban J connectivity index is 3.01. The van der Waals surface area contributed by atoms with Crippen molar-refractivity contribution >= 4 is 0 Å². The molecule has 0 fully saturated rings. The van der Waals surface area contributed by atoms with Crippen LogP contribution in [0.15, 0.2) is 12.2 Å². The number of allylic oxidation sites excluding steroid dienone is 2. The second-order valence-electron chi connectivity index (χ2n) is 6.02. The number of aliphatic hydroxyl groups excluding tert-OH is 1. The van der Waals surface area contributed by atoms with E-state index in [-0.39, 0.29) is 0 Å². The molecule has 1 heteroatoms. The van der Waals surface area contributed by atoms with Gasteiger partial charge in [-0.25, -0.2) is 0 Å². The minimum Gasteiger partial charge on any atom is -0.396 e. The van der Waals surface area contributed by atoms with Gasteiger partial charge >= 0.3 is 0 Å². The Kier molecular flexibility index (Phi) is 18.4. The Bertz CT molecular complexity index is 186. The van der Waals surface area contributed by atoms with E-state index in [1.165, 1.54) is 89.9 Å². The van der Waals surface area contributed by atoms with Crippen molar-refractivity contribution in [3.63, 3.8) is 0 Å². The van der Waals surface area contributed by atoms with Crippen LogP contribution in [0.25, 0.3) is 0 Å². The van der Waals surface area contributed by atoms with E-state index in [4.69, 9.17) is 5.11 Å². The van der Waals surface area contributed by atoms with Crippen LogP contribution in [-0.2, 0) is 0 Å². The standard InChI is InChI=1S/C19H38O/c1-2-3-4-5-6-7-8-9-10-11-12-13-14-15-16-17-18-19-20/h11-12,20H,2-10,13-19H2,1H3/b12-11+. The van der Waals surface area contributed by atoms with Gasteiger partial charge in [0.2, 0.25) is 0 Å². The Labute approximate surface area is 127 Å². The van der Waals surface area contributed by atoms with Crippen molar-refractivity contribution in [2.24, 2.45) is 0 Å². The van der Waals surface area contributed by atoms with Gasteiger partial charge in [-0.2, -0.15) is 0 Å². The molecule has 0 saturated carbocycles. The highest BCUT2D eigenvalue weighted by molar-refractivity contribution is 4.81. The van der Waals surface area contributed by atoms with Crippen LogP contribution in [0.4, 0.5) is 0 Å². The van der Waals surface area contributed by atoms with Gasteiger partial charge in [0.05, 0.1) is 0 Å². The molecule has 120 valence electrons. The quantitative estimate of drug-likeness (QED) is 0.256. The fourth-order valence-electron chi connectivity index (χ4n) is 2.54. The summed E-state index contributed by atoms with van der Waals surface area (Å²) >= 11 is 0. The second-order valence-corrected chi connectivity index (χ2v) is 6.02. The highest BCUT2D eigenvalue weighted by atomic mass is 16.2. The summed E-state index contributed by atoms with van der Waals surface area (Å²) < 4.78 is 0. The highest BCUT2D eigenvalue weighted by Gasteiger charge is 1.91. The molecule has 20 heavy (non-hydrogen) atoms. The zero-order valence-electron chi connectivity index (χ0n) is 13.9. The van der Waals surface area contributed by atoms with E-state index in [9.17, 15) is 0 Å². The zero-order chi connectivity index (χ0) is 14.7. The highest BCUT2D eigenvalue weighted by Crippen LogP contribution is 2.10. The number of rotatable bonds is 16. The van der Waals surface area contributed by atoms with Crippen LogP contribution in [0.3, 0.4) is 0 Å². The lowest BCUT2D eigenvalue weighted by Gasteiger charge is -2.00. The molecule has 1 nitrogen and oxygen atoms in total. The summed E-state index contributed by atoms with van der Waals surface area (Å²) in [7, 11) is 0. The third kappa shape index (κ3) is 17.7. The first-order chi connectivity index (χ1) is 9.91. The molecule has 0 unspecified atom stereocenters. The number of hydrogen-bond acceptors (Lipinski definition) is 1. The Morgan fingerprint density at radius 3 is 1.40 bits per heavy atom. The van der Waals surface area contributed by atoms with Gasteiger partial charge in [-0.3, -0.25) is 0 Å². The van der Waals surface area contributed by atoms with Crippen LogP contribution in [0.2, 0.25) is 0 Å². The van der Waals surface area contributed by atoms with E-state index < -0.39 is 0 Å². The first-order valence-electron chi connectivity index (χ1n) is 9.17. The van der Waals surface area contributed by atoms with Crippen LogP contribution in [0.5, 0.6) is 0 Å². The molecule has 0 aromatic heterocycles. The summed E-state index contributed by atoms with van der Waals surface area (Å²) in [4.78, 5) is 0. The molecule has 0 spiro atoms. The Morgan fingerprint density at radius 2 is 0.950 bits per heavy atom. The lowest BCUT2D eigenvalue weighted by Crippen LogP contribution is -1.83. The summed E-state index contributed by atoms with van der Waals surface area (Å²) in [6, 6.07) is 0. The lowest BCUT2D eigenvalue weighted by atomic mass is 10.1. The SMILES string of the molecule is CCCCCCCCCC/C=C/CCCCCCCO. The Hall–Kier alpha value is -0.300. The molecular weight excluding hydrogens is 244 g/mol. The maximum absolute atomic E-state index is 8.67. The molecule has 0 aliphatic heterocycles. The molecule has 0 amide bonds. The molecule has 0 aliphatic carbocycles. The summed E-state index contributed by atoms with van der Waals surface area (Å²) in [5, 5.41) is 8.67. The second kappa shape index (κ2) is 18.7. The fraction of sp³-hybridized carbons (Fsp3) is 0.895. The normalized spacial score (nSPS) is 11.5. The molecule has 0 rings (SSSR count). The van der Waals surface area contributed by atoms with Crippen molar-refractivity contribution < 1.29 is 5.11 Å². The van der Waals surface area contributed by atoms with Gasteiger partial charge in [-0.1, -0.05) is 83.3 Å². The summed E-state index contributed by atoms with van der Waals surface area (Å²) in [6.07, 6.45) is 24.7. The minimum absolute atomic E-state index is 0.360. The van der Waals surface area contributed by atoms with E-state index in [0.717, 1.165) is 6.42 Å². The fourth-order valence-corrected chi connectivity index (χ4v) is 2.54. The van der Waals surface area contributed by atoms with E-state index in [2.05, 4.69) is 19.1 Å². The van der Waals surface area contributed by atoms with Crippen molar-refractivity contribution in [2.75, 3.05) is 6.61 Å². The van der Waals surface area contributed by atoms with Crippen LogP contribution in [-0.4, -0.2) is 11.7 Å². The maximum Gasteiger partial charge on any atom is 0.0431 e. The van der Waals surface area contributed by atoms with Gasteiger partial charge < -0.3 is 5.11 Å². The predicted molar refractivity (Wildman–Crippen MR) is 91.2 cm³/mol. The summed E-state index contributed by atoms with van der Waals surface area (Å²) in [5.41, 5.74) is 0. The minimum atomic E-state index is 0.360. The summed E-state index contributed by atoms with van der Waals surface area (Å²) in [5.74, 6) is 0. The van der Waals surface area contributed by atoms with Gasteiger partial charge in [0, 0.05) is 6.61 Å². The number of unbranched alkanes of at least 4 members (excludes halogenated alkanes) is 13. The van der Waals surface area contributed by atoms with Crippen molar-refractivity contribution in [3.05, 3.63) is 12.2 Å². The molecule has 0 saturated heterocycles. The molecule has 0 atom stereocenters. The van der Waals surface area contributed by atoms with E-state index >= 15 is 0 Å². The number of aliphatic hydroxyl groups is 1. The van der Waals surface area contributed by atoms with Crippen molar-refractivity contribution in [1.29, 1.82) is 0 Å². The van der Waals surface area contributed by atoms with E-state index in [1.54, 1.807) is 0 Å². The van der Waals surface area contributed by atoms with Gasteiger partial charge in [-0.15, -0.1) is 0 Å². The smallest absolute Gasteiger partial charge is 0.0431 e.